The molecule has 0 aliphatic rings. The molecule has 88 valence electrons. The zero-order chi connectivity index (χ0) is 13.1. The van der Waals surface area contributed by atoms with Crippen LogP contribution in [0, 0.1) is 18.5 Å². The molecule has 0 atom stereocenters. The predicted octanol–water partition coefficient (Wildman–Crippen LogP) is 4.05. The molecule has 0 fully saturated rings. The predicted molar refractivity (Wildman–Crippen MR) is 76.9 cm³/mol. The maximum absolute atomic E-state index is 7.01. The number of hydrogen-bond donors (Lipinski definition) is 0. The van der Waals surface area contributed by atoms with Crippen molar-refractivity contribution in [3.05, 3.63) is 77.8 Å². The van der Waals surface area contributed by atoms with Crippen molar-refractivity contribution in [2.45, 2.75) is 0 Å². The summed E-state index contributed by atoms with van der Waals surface area (Å²) in [6.45, 7) is 7.01. The first kappa shape index (κ1) is 11.1. The molecular weight excluding hydrogens is 232 g/mol. The Bertz CT molecular complexity index is 824. The van der Waals surface area contributed by atoms with Crippen molar-refractivity contribution in [2.75, 3.05) is 0 Å². The molecule has 0 spiro atoms. The normalized spacial score (nSPS) is 9.63. The molecule has 0 bridgehead atoms. The molecule has 0 unspecified atom stereocenters. The highest BCUT2D eigenvalue weighted by atomic mass is 14.9. The van der Waals surface area contributed by atoms with E-state index in [-0.39, 0.29) is 0 Å². The third-order valence-electron chi connectivity index (χ3n) is 2.90. The molecule has 1 aromatic heterocycles. The highest BCUT2D eigenvalue weighted by molar-refractivity contribution is 5.84. The first-order valence-corrected chi connectivity index (χ1v) is 5.92. The molecule has 0 radical (unpaired) electrons. The van der Waals surface area contributed by atoms with Crippen LogP contribution in [0.3, 0.4) is 0 Å². The minimum atomic E-state index is 0.654. The number of benzene rings is 2. The van der Waals surface area contributed by atoms with Crippen molar-refractivity contribution in [1.29, 1.82) is 0 Å². The van der Waals surface area contributed by atoms with Crippen LogP contribution in [0.4, 0.5) is 5.69 Å². The van der Waals surface area contributed by atoms with Gasteiger partial charge in [0, 0.05) is 17.8 Å². The summed E-state index contributed by atoms with van der Waals surface area (Å²) >= 11 is 0. The van der Waals surface area contributed by atoms with E-state index in [1.165, 1.54) is 0 Å². The lowest BCUT2D eigenvalue weighted by molar-refractivity contribution is 1.20. The molecule has 1 heterocycles. The van der Waals surface area contributed by atoms with Gasteiger partial charge in [0.15, 0.2) is 5.69 Å². The van der Waals surface area contributed by atoms with E-state index in [0.717, 1.165) is 16.5 Å². The van der Waals surface area contributed by atoms with Gasteiger partial charge in [0.2, 0.25) is 0 Å². The third-order valence-corrected chi connectivity index (χ3v) is 2.90. The van der Waals surface area contributed by atoms with Crippen molar-refractivity contribution in [2.24, 2.45) is 0 Å². The zero-order valence-corrected chi connectivity index (χ0v) is 10.2. The number of aromatic nitrogens is 1. The number of rotatable bonds is 0. The Kier molecular flexibility index (Phi) is 2.77. The Balaban J connectivity index is 2.04. The Hall–Kier alpha value is -2.97. The highest BCUT2D eigenvalue weighted by Crippen LogP contribution is 2.21. The summed E-state index contributed by atoms with van der Waals surface area (Å²) < 4.78 is 1.88. The van der Waals surface area contributed by atoms with Crippen LogP contribution in [0.2, 0.25) is 0 Å². The fourth-order valence-corrected chi connectivity index (χ4v) is 1.94. The SMILES string of the molecule is [C-]#[N+]c1ccc2c(ccn2C#Cc2ccccc2)c1. The van der Waals surface area contributed by atoms with Gasteiger partial charge in [0.05, 0.1) is 12.1 Å². The minimum absolute atomic E-state index is 0.654. The second-order valence-corrected chi connectivity index (χ2v) is 4.14. The maximum atomic E-state index is 7.01. The molecule has 0 saturated heterocycles. The van der Waals surface area contributed by atoms with Crippen molar-refractivity contribution in [1.82, 2.24) is 4.57 Å². The molecule has 3 aromatic rings. The van der Waals surface area contributed by atoms with Gasteiger partial charge in [0.1, 0.15) is 0 Å². The van der Waals surface area contributed by atoms with E-state index in [1.807, 2.05) is 65.4 Å². The third kappa shape index (κ3) is 2.20. The lowest BCUT2D eigenvalue weighted by Gasteiger charge is -1.95. The topological polar surface area (TPSA) is 9.29 Å². The lowest BCUT2D eigenvalue weighted by atomic mass is 10.2. The molecule has 3 rings (SSSR count). The van der Waals surface area contributed by atoms with Gasteiger partial charge in [-0.3, -0.25) is 4.57 Å². The van der Waals surface area contributed by atoms with Crippen molar-refractivity contribution >= 4 is 16.6 Å². The summed E-state index contributed by atoms with van der Waals surface area (Å²) in [5.74, 6) is 3.12. The highest BCUT2D eigenvalue weighted by Gasteiger charge is 1.99. The average Bonchev–Trinajstić information content (AvgIpc) is 2.88. The van der Waals surface area contributed by atoms with Gasteiger partial charge in [-0.1, -0.05) is 24.3 Å². The summed E-state index contributed by atoms with van der Waals surface area (Å²) in [5.41, 5.74) is 2.67. The standard InChI is InChI=1S/C17H10N2/c1-18-16-7-8-17-15(13-16)10-12-19(17)11-9-14-5-3-2-4-6-14/h2-8,10,12-13H. The molecule has 0 amide bonds. The Labute approximate surface area is 111 Å². The number of fused-ring (bicyclic) bond motifs is 1. The Morgan fingerprint density at radius 1 is 1.00 bits per heavy atom. The summed E-state index contributed by atoms with van der Waals surface area (Å²) in [5, 5.41) is 1.04. The van der Waals surface area contributed by atoms with E-state index in [9.17, 15) is 0 Å². The van der Waals surface area contributed by atoms with Crippen molar-refractivity contribution in [3.63, 3.8) is 0 Å². The first-order valence-electron chi connectivity index (χ1n) is 5.92. The van der Waals surface area contributed by atoms with Gasteiger partial charge in [-0.15, -0.1) is 0 Å². The molecule has 2 aromatic carbocycles. The first-order chi connectivity index (χ1) is 9.36. The van der Waals surface area contributed by atoms with E-state index in [2.05, 4.69) is 16.8 Å². The van der Waals surface area contributed by atoms with Crippen molar-refractivity contribution < 1.29 is 0 Å². The van der Waals surface area contributed by atoms with E-state index in [0.29, 0.717) is 5.69 Å². The molecule has 2 heteroatoms. The Morgan fingerprint density at radius 3 is 2.63 bits per heavy atom. The fraction of sp³-hybridized carbons (Fsp3) is 0. The van der Waals surface area contributed by atoms with Crippen LogP contribution in [0.15, 0.2) is 60.8 Å². The van der Waals surface area contributed by atoms with Crippen LogP contribution >= 0.6 is 0 Å². The van der Waals surface area contributed by atoms with Crippen LogP contribution in [-0.2, 0) is 0 Å². The van der Waals surface area contributed by atoms with Crippen LogP contribution in [0.1, 0.15) is 5.56 Å². The monoisotopic (exact) mass is 242 g/mol. The van der Waals surface area contributed by atoms with E-state index < -0.39 is 0 Å². The van der Waals surface area contributed by atoms with Crippen LogP contribution in [0.5, 0.6) is 0 Å². The van der Waals surface area contributed by atoms with Crippen LogP contribution in [0.25, 0.3) is 15.7 Å². The molecule has 0 N–H and O–H groups in total. The zero-order valence-electron chi connectivity index (χ0n) is 10.2. The molecule has 19 heavy (non-hydrogen) atoms. The lowest BCUT2D eigenvalue weighted by Crippen LogP contribution is -1.85. The van der Waals surface area contributed by atoms with E-state index in [1.54, 1.807) is 0 Å². The summed E-state index contributed by atoms with van der Waals surface area (Å²) in [6, 6.07) is 20.6. The molecule has 2 nitrogen and oxygen atoms in total. The fourth-order valence-electron chi connectivity index (χ4n) is 1.94. The largest absolute Gasteiger partial charge is 0.276 e. The van der Waals surface area contributed by atoms with Gasteiger partial charge < -0.3 is 0 Å². The Morgan fingerprint density at radius 2 is 1.84 bits per heavy atom. The van der Waals surface area contributed by atoms with E-state index >= 15 is 0 Å². The smallest absolute Gasteiger partial charge is 0.187 e. The second kappa shape index (κ2) is 4.72. The molecule has 0 saturated carbocycles. The average molecular weight is 242 g/mol. The van der Waals surface area contributed by atoms with Gasteiger partial charge in [-0.2, -0.15) is 0 Å². The van der Waals surface area contributed by atoms with Gasteiger partial charge in [-0.25, -0.2) is 4.85 Å². The van der Waals surface area contributed by atoms with Gasteiger partial charge >= 0.3 is 0 Å². The summed E-state index contributed by atoms with van der Waals surface area (Å²) in [7, 11) is 0. The number of nitrogens with zero attached hydrogens (tertiary/aromatic N) is 2. The number of hydrogen-bond acceptors (Lipinski definition) is 0. The van der Waals surface area contributed by atoms with Crippen LogP contribution in [-0.4, -0.2) is 4.57 Å². The molecule has 0 aliphatic heterocycles. The maximum Gasteiger partial charge on any atom is 0.187 e. The molecule has 0 aliphatic carbocycles. The van der Waals surface area contributed by atoms with Crippen molar-refractivity contribution in [3.8, 4) is 12.0 Å². The minimum Gasteiger partial charge on any atom is -0.276 e. The summed E-state index contributed by atoms with van der Waals surface area (Å²) in [4.78, 5) is 3.43. The molecular formula is C17H10N2. The van der Waals surface area contributed by atoms with E-state index in [4.69, 9.17) is 6.57 Å². The summed E-state index contributed by atoms with van der Waals surface area (Å²) in [6.07, 6.45) is 1.92. The van der Waals surface area contributed by atoms with Gasteiger partial charge in [0.25, 0.3) is 0 Å². The van der Waals surface area contributed by atoms with Gasteiger partial charge in [-0.05, 0) is 41.6 Å². The van der Waals surface area contributed by atoms with Crippen LogP contribution < -0.4 is 0 Å². The quantitative estimate of drug-likeness (QED) is 0.415. The second-order valence-electron chi connectivity index (χ2n) is 4.14.